The van der Waals surface area contributed by atoms with Crippen LogP contribution >= 0.6 is 0 Å². The summed E-state index contributed by atoms with van der Waals surface area (Å²) in [5.41, 5.74) is 3.62. The van der Waals surface area contributed by atoms with Crippen molar-refractivity contribution in [2.75, 3.05) is 4.31 Å². The van der Waals surface area contributed by atoms with Crippen molar-refractivity contribution in [1.29, 1.82) is 0 Å². The average molecular weight is 508 g/mol. The van der Waals surface area contributed by atoms with E-state index in [2.05, 4.69) is 0 Å². The molecule has 0 aliphatic carbocycles. The number of allylic oxidation sites excluding steroid dienone is 1. The van der Waals surface area contributed by atoms with Crippen LogP contribution in [0.4, 0.5) is 5.69 Å². The SMILES string of the molecule is Cc1ccc(S(=O)(=O)N2C(c3ccccc3)=C(C=O)[C@H](CC(=O)c3ccccc3)c3ccccc32)cc1. The van der Waals surface area contributed by atoms with Gasteiger partial charge in [-0.2, -0.15) is 0 Å². The number of sulfonamides is 1. The Labute approximate surface area is 216 Å². The lowest BCUT2D eigenvalue weighted by molar-refractivity contribution is -0.105. The molecule has 1 atom stereocenters. The Bertz CT molecular complexity index is 1590. The van der Waals surface area contributed by atoms with Gasteiger partial charge in [0.15, 0.2) is 5.78 Å². The topological polar surface area (TPSA) is 71.5 Å². The quantitative estimate of drug-likeness (QED) is 0.222. The first kappa shape index (κ1) is 24.4. The van der Waals surface area contributed by atoms with Gasteiger partial charge < -0.3 is 0 Å². The van der Waals surface area contributed by atoms with Gasteiger partial charge in [0.2, 0.25) is 0 Å². The molecule has 0 saturated heterocycles. The minimum Gasteiger partial charge on any atom is -0.298 e. The molecule has 6 heteroatoms. The molecule has 0 N–H and O–H groups in total. The summed E-state index contributed by atoms with van der Waals surface area (Å²) in [6, 6.07) is 31.6. The maximum Gasteiger partial charge on any atom is 0.268 e. The van der Waals surface area contributed by atoms with E-state index in [1.165, 1.54) is 4.31 Å². The second kappa shape index (κ2) is 9.99. The fourth-order valence-corrected chi connectivity index (χ4v) is 6.34. The number of carbonyl (C=O) groups is 2. The van der Waals surface area contributed by atoms with Crippen LogP contribution in [0.2, 0.25) is 0 Å². The summed E-state index contributed by atoms with van der Waals surface area (Å²) >= 11 is 0. The maximum absolute atomic E-state index is 14.2. The summed E-state index contributed by atoms with van der Waals surface area (Å²) in [5.74, 6) is -0.733. The van der Waals surface area contributed by atoms with Crippen LogP contribution in [0.1, 0.15) is 39.4 Å². The molecule has 1 aliphatic heterocycles. The van der Waals surface area contributed by atoms with Crippen molar-refractivity contribution in [3.63, 3.8) is 0 Å². The Morgan fingerprint density at radius 2 is 1.41 bits per heavy atom. The number of carbonyl (C=O) groups excluding carboxylic acids is 2. The third-order valence-electron chi connectivity index (χ3n) is 6.60. The van der Waals surface area contributed by atoms with Crippen LogP contribution < -0.4 is 4.31 Å². The molecule has 37 heavy (non-hydrogen) atoms. The third kappa shape index (κ3) is 4.52. The van der Waals surface area contributed by atoms with Crippen molar-refractivity contribution in [2.24, 2.45) is 0 Å². The second-order valence-electron chi connectivity index (χ2n) is 8.98. The summed E-state index contributed by atoms with van der Waals surface area (Å²) in [7, 11) is -4.10. The number of aryl methyl sites for hydroxylation is 1. The molecule has 0 unspecified atom stereocenters. The molecule has 1 aliphatic rings. The largest absolute Gasteiger partial charge is 0.298 e. The molecule has 0 fully saturated rings. The summed E-state index contributed by atoms with van der Waals surface area (Å²) in [6.45, 7) is 1.89. The normalized spacial score (nSPS) is 15.3. The first-order valence-corrected chi connectivity index (χ1v) is 13.4. The standard InChI is InChI=1S/C31H25NO4S/c1-22-16-18-25(19-17-22)37(35,36)32-29-15-9-8-14-26(29)27(20-30(34)23-10-4-2-5-11-23)28(21-33)31(32)24-12-6-3-7-13-24/h2-19,21,27H,20H2,1H3/t27-/m1/s1. The first-order chi connectivity index (χ1) is 17.9. The average Bonchev–Trinajstić information content (AvgIpc) is 2.93. The molecule has 0 spiro atoms. The molecule has 5 rings (SSSR count). The van der Waals surface area contributed by atoms with Crippen LogP contribution in [-0.4, -0.2) is 20.5 Å². The molecule has 184 valence electrons. The Balaban J connectivity index is 1.76. The van der Waals surface area contributed by atoms with Crippen LogP contribution in [0.25, 0.3) is 5.70 Å². The number of hydrogen-bond acceptors (Lipinski definition) is 4. The second-order valence-corrected chi connectivity index (χ2v) is 10.8. The van der Waals surface area contributed by atoms with Gasteiger partial charge in [-0.1, -0.05) is 96.6 Å². The molecular formula is C31H25NO4S. The van der Waals surface area contributed by atoms with Crippen molar-refractivity contribution < 1.29 is 18.0 Å². The summed E-state index contributed by atoms with van der Waals surface area (Å²) in [4.78, 5) is 26.1. The number of benzene rings is 4. The lowest BCUT2D eigenvalue weighted by Gasteiger charge is -2.37. The molecule has 0 bridgehead atoms. The van der Waals surface area contributed by atoms with Crippen molar-refractivity contribution in [2.45, 2.75) is 24.2 Å². The van der Waals surface area contributed by atoms with Crippen LogP contribution in [0.3, 0.4) is 0 Å². The zero-order valence-electron chi connectivity index (χ0n) is 20.2. The van der Waals surface area contributed by atoms with Gasteiger partial charge in [-0.25, -0.2) is 12.7 Å². The highest BCUT2D eigenvalue weighted by atomic mass is 32.2. The predicted molar refractivity (Wildman–Crippen MR) is 145 cm³/mol. The molecule has 5 nitrogen and oxygen atoms in total. The lowest BCUT2D eigenvalue weighted by Crippen LogP contribution is -2.36. The van der Waals surface area contributed by atoms with Gasteiger partial charge in [0.25, 0.3) is 10.0 Å². The smallest absolute Gasteiger partial charge is 0.268 e. The van der Waals surface area contributed by atoms with Gasteiger partial charge in [0.1, 0.15) is 6.29 Å². The van der Waals surface area contributed by atoms with Crippen LogP contribution in [-0.2, 0) is 14.8 Å². The van der Waals surface area contributed by atoms with E-state index in [0.717, 1.165) is 5.56 Å². The van der Waals surface area contributed by atoms with Gasteiger partial charge in [-0.05, 0) is 36.2 Å². The van der Waals surface area contributed by atoms with Crippen LogP contribution in [0, 0.1) is 6.92 Å². The zero-order chi connectivity index (χ0) is 26.0. The molecular weight excluding hydrogens is 482 g/mol. The molecule has 0 amide bonds. The van der Waals surface area contributed by atoms with Crippen molar-refractivity contribution >= 4 is 33.5 Å². The number of fused-ring (bicyclic) bond motifs is 1. The fourth-order valence-electron chi connectivity index (χ4n) is 4.77. The Morgan fingerprint density at radius 1 is 0.811 bits per heavy atom. The summed E-state index contributed by atoms with van der Waals surface area (Å²) in [5, 5.41) is 0. The van der Waals surface area contributed by atoms with E-state index in [1.807, 2.05) is 19.1 Å². The highest BCUT2D eigenvalue weighted by Crippen LogP contribution is 2.48. The zero-order valence-corrected chi connectivity index (χ0v) is 21.1. The summed E-state index contributed by atoms with van der Waals surface area (Å²) < 4.78 is 29.6. The number of aldehydes is 1. The van der Waals surface area contributed by atoms with E-state index in [1.54, 1.807) is 97.1 Å². The predicted octanol–water partition coefficient (Wildman–Crippen LogP) is 6.17. The third-order valence-corrected chi connectivity index (χ3v) is 8.33. The van der Waals surface area contributed by atoms with Gasteiger partial charge >= 0.3 is 0 Å². The summed E-state index contributed by atoms with van der Waals surface area (Å²) in [6.07, 6.45) is 0.725. The van der Waals surface area contributed by atoms with Gasteiger partial charge in [-0.15, -0.1) is 0 Å². The van der Waals surface area contributed by atoms with E-state index in [0.29, 0.717) is 28.7 Å². The van der Waals surface area contributed by atoms with Crippen molar-refractivity contribution in [3.05, 3.63) is 137 Å². The lowest BCUT2D eigenvalue weighted by atomic mass is 9.80. The highest BCUT2D eigenvalue weighted by molar-refractivity contribution is 7.93. The Kier molecular flexibility index (Phi) is 6.59. The first-order valence-electron chi connectivity index (χ1n) is 12.0. The number of para-hydroxylation sites is 1. The van der Waals surface area contributed by atoms with Gasteiger partial charge in [0, 0.05) is 23.5 Å². The number of nitrogens with zero attached hydrogens (tertiary/aromatic N) is 1. The van der Waals surface area contributed by atoms with Gasteiger partial charge in [0.05, 0.1) is 16.3 Å². The fraction of sp³-hybridized carbons (Fsp3) is 0.0968. The van der Waals surface area contributed by atoms with Crippen LogP contribution in [0.5, 0.6) is 0 Å². The number of ketones is 1. The Morgan fingerprint density at radius 3 is 2.05 bits per heavy atom. The molecule has 0 aromatic heterocycles. The van der Waals surface area contributed by atoms with E-state index in [4.69, 9.17) is 0 Å². The minimum atomic E-state index is -4.10. The molecule has 4 aromatic rings. The highest BCUT2D eigenvalue weighted by Gasteiger charge is 2.40. The maximum atomic E-state index is 14.2. The number of hydrogen-bond donors (Lipinski definition) is 0. The van der Waals surface area contributed by atoms with E-state index in [-0.39, 0.29) is 28.4 Å². The van der Waals surface area contributed by atoms with E-state index < -0.39 is 15.9 Å². The van der Waals surface area contributed by atoms with Crippen LogP contribution in [0.15, 0.2) is 120 Å². The number of rotatable bonds is 7. The monoisotopic (exact) mass is 507 g/mol. The van der Waals surface area contributed by atoms with Crippen molar-refractivity contribution in [3.8, 4) is 0 Å². The van der Waals surface area contributed by atoms with Gasteiger partial charge in [-0.3, -0.25) is 9.59 Å². The minimum absolute atomic E-state index is 0.0316. The molecule has 4 aromatic carbocycles. The Hall–Kier alpha value is -4.29. The van der Waals surface area contributed by atoms with Crippen molar-refractivity contribution in [1.82, 2.24) is 0 Å². The number of Topliss-reactive ketones (excluding diaryl/α,β-unsaturated/α-hetero) is 1. The number of anilines is 1. The molecule has 0 saturated carbocycles. The molecule has 1 heterocycles. The van der Waals surface area contributed by atoms with E-state index in [9.17, 15) is 18.0 Å². The van der Waals surface area contributed by atoms with E-state index >= 15 is 0 Å². The molecule has 0 radical (unpaired) electrons.